The molecule has 1 aliphatic heterocycles. The maximum atomic E-state index is 12.2. The molecule has 1 aromatic heterocycles. The molecule has 1 aliphatic rings. The summed E-state index contributed by atoms with van der Waals surface area (Å²) in [6, 6.07) is 0. The summed E-state index contributed by atoms with van der Waals surface area (Å²) in [7, 11) is 1.57. The van der Waals surface area contributed by atoms with Gasteiger partial charge in [0.1, 0.15) is 10.6 Å². The Morgan fingerprint density at radius 3 is 2.95 bits per heavy atom. The molecule has 7 nitrogen and oxygen atoms in total. The summed E-state index contributed by atoms with van der Waals surface area (Å²) < 4.78 is 9.49. The smallest absolute Gasteiger partial charge is 0.340 e. The van der Waals surface area contributed by atoms with Gasteiger partial charge in [-0.05, 0) is 18.5 Å². The lowest BCUT2D eigenvalue weighted by atomic mass is 10.2. The Kier molecular flexibility index (Phi) is 4.69. The molecule has 8 heteroatoms. The molecule has 0 radical (unpaired) electrons. The molecule has 1 unspecified atom stereocenters. The van der Waals surface area contributed by atoms with E-state index in [1.807, 2.05) is 0 Å². The number of nitrogens with zero attached hydrogens (tertiary/aromatic N) is 2. The molecule has 2 N–H and O–H groups in total. The van der Waals surface area contributed by atoms with E-state index in [0.29, 0.717) is 23.8 Å². The number of ether oxygens (including phenoxy) is 1. The number of nitrogens with one attached hydrogen (secondary N) is 1. The van der Waals surface area contributed by atoms with Crippen molar-refractivity contribution in [3.05, 3.63) is 11.3 Å². The summed E-state index contributed by atoms with van der Waals surface area (Å²) in [5.41, 5.74) is 0.515. The minimum Gasteiger partial charge on any atom is -0.478 e. The van der Waals surface area contributed by atoms with E-state index in [9.17, 15) is 14.7 Å². The van der Waals surface area contributed by atoms with Gasteiger partial charge in [-0.2, -0.15) is 4.37 Å². The van der Waals surface area contributed by atoms with Crippen molar-refractivity contribution in [1.82, 2.24) is 9.69 Å². The monoisotopic (exact) mass is 299 g/mol. The highest BCUT2D eigenvalue weighted by molar-refractivity contribution is 7.11. The predicted molar refractivity (Wildman–Crippen MR) is 74.4 cm³/mol. The number of amides is 1. The first kappa shape index (κ1) is 14.9. The largest absolute Gasteiger partial charge is 0.478 e. The van der Waals surface area contributed by atoms with Crippen LogP contribution < -0.4 is 10.2 Å². The zero-order chi connectivity index (χ0) is 14.7. The second-order valence-electron chi connectivity index (χ2n) is 4.61. The van der Waals surface area contributed by atoms with Crippen molar-refractivity contribution < 1.29 is 19.4 Å². The van der Waals surface area contributed by atoms with Crippen molar-refractivity contribution in [2.24, 2.45) is 0 Å². The van der Waals surface area contributed by atoms with Gasteiger partial charge < -0.3 is 20.1 Å². The van der Waals surface area contributed by atoms with Crippen molar-refractivity contribution in [2.45, 2.75) is 19.4 Å². The molecule has 1 atom stereocenters. The van der Waals surface area contributed by atoms with Crippen molar-refractivity contribution in [1.29, 1.82) is 0 Å². The molecule has 1 amide bonds. The minimum atomic E-state index is -1.07. The first-order valence-corrected chi connectivity index (χ1v) is 7.06. The SMILES string of the molecule is Cc1nsc(N(C)C(=O)CC2CNCCO2)c1C(=O)O. The Hall–Kier alpha value is -1.51. The van der Waals surface area contributed by atoms with E-state index in [0.717, 1.165) is 18.1 Å². The highest BCUT2D eigenvalue weighted by Crippen LogP contribution is 2.28. The van der Waals surface area contributed by atoms with Gasteiger partial charge in [0.15, 0.2) is 0 Å². The number of aryl methyl sites for hydroxylation is 1. The first-order chi connectivity index (χ1) is 9.50. The van der Waals surface area contributed by atoms with Crippen LogP contribution in [0.1, 0.15) is 22.5 Å². The second-order valence-corrected chi connectivity index (χ2v) is 5.36. The number of carbonyl (C=O) groups is 2. The van der Waals surface area contributed by atoms with E-state index in [4.69, 9.17) is 4.74 Å². The van der Waals surface area contributed by atoms with Gasteiger partial charge in [0.2, 0.25) is 5.91 Å². The maximum Gasteiger partial charge on any atom is 0.340 e. The molecule has 1 aromatic rings. The Morgan fingerprint density at radius 1 is 1.60 bits per heavy atom. The van der Waals surface area contributed by atoms with Crippen LogP contribution in [0.4, 0.5) is 5.00 Å². The van der Waals surface area contributed by atoms with E-state index in [-0.39, 0.29) is 24.0 Å². The average molecular weight is 299 g/mol. The summed E-state index contributed by atoms with van der Waals surface area (Å²) in [6.07, 6.45) is 0.0560. The van der Waals surface area contributed by atoms with Gasteiger partial charge in [-0.25, -0.2) is 4.79 Å². The van der Waals surface area contributed by atoms with Gasteiger partial charge in [0, 0.05) is 20.1 Å². The summed E-state index contributed by atoms with van der Waals surface area (Å²) in [5, 5.41) is 12.7. The molecule has 0 saturated carbocycles. The molecule has 0 aliphatic carbocycles. The molecule has 2 rings (SSSR count). The Labute approximate surface area is 120 Å². The van der Waals surface area contributed by atoms with Crippen molar-refractivity contribution in [3.63, 3.8) is 0 Å². The Bertz CT molecular complexity index is 511. The van der Waals surface area contributed by atoms with Crippen LogP contribution in [0.25, 0.3) is 0 Å². The van der Waals surface area contributed by atoms with E-state index >= 15 is 0 Å². The zero-order valence-corrected chi connectivity index (χ0v) is 12.2. The standard InChI is InChI=1S/C12H17N3O4S/c1-7-10(12(17)18)11(20-14-7)15(2)9(16)5-8-6-13-3-4-19-8/h8,13H,3-6H2,1-2H3,(H,17,18). The highest BCUT2D eigenvalue weighted by atomic mass is 32.1. The van der Waals surface area contributed by atoms with Crippen LogP contribution in [0.15, 0.2) is 0 Å². The van der Waals surface area contributed by atoms with Crippen molar-refractivity contribution in [2.75, 3.05) is 31.6 Å². The molecule has 2 heterocycles. The Balaban J connectivity index is 2.08. The number of rotatable bonds is 4. The predicted octanol–water partition coefficient (Wildman–Crippen LogP) is 0.491. The number of aromatic carboxylic acids is 1. The lowest BCUT2D eigenvalue weighted by Gasteiger charge is -2.25. The number of carboxylic acids is 1. The maximum absolute atomic E-state index is 12.2. The lowest BCUT2D eigenvalue weighted by molar-refractivity contribution is -0.121. The number of carboxylic acid groups (broad SMARTS) is 1. The summed E-state index contributed by atoms with van der Waals surface area (Å²) in [4.78, 5) is 24.8. The number of carbonyl (C=O) groups excluding carboxylic acids is 1. The third-order valence-corrected chi connectivity index (χ3v) is 4.16. The van der Waals surface area contributed by atoms with E-state index < -0.39 is 5.97 Å². The van der Waals surface area contributed by atoms with Crippen molar-refractivity contribution in [3.8, 4) is 0 Å². The van der Waals surface area contributed by atoms with Crippen LogP contribution in [0.5, 0.6) is 0 Å². The molecule has 0 spiro atoms. The highest BCUT2D eigenvalue weighted by Gasteiger charge is 2.26. The second kappa shape index (κ2) is 6.29. The minimum absolute atomic E-state index is 0.0912. The first-order valence-electron chi connectivity index (χ1n) is 6.29. The van der Waals surface area contributed by atoms with Gasteiger partial charge in [-0.15, -0.1) is 0 Å². The van der Waals surface area contributed by atoms with Crippen LogP contribution in [0.2, 0.25) is 0 Å². The van der Waals surface area contributed by atoms with Crippen molar-refractivity contribution >= 4 is 28.4 Å². The van der Waals surface area contributed by atoms with Gasteiger partial charge in [0.25, 0.3) is 0 Å². The van der Waals surface area contributed by atoms with Gasteiger partial charge >= 0.3 is 5.97 Å². The molecular weight excluding hydrogens is 282 g/mol. The summed E-state index contributed by atoms with van der Waals surface area (Å²) >= 11 is 1.02. The number of hydrogen-bond acceptors (Lipinski definition) is 6. The van der Waals surface area contributed by atoms with Crippen LogP contribution in [-0.2, 0) is 9.53 Å². The normalized spacial score (nSPS) is 18.8. The fourth-order valence-corrected chi connectivity index (χ4v) is 2.89. The van der Waals surface area contributed by atoms with Crippen LogP contribution >= 0.6 is 11.5 Å². The van der Waals surface area contributed by atoms with Crippen LogP contribution in [-0.4, -0.2) is 54.2 Å². The number of morpholine rings is 1. The zero-order valence-electron chi connectivity index (χ0n) is 11.4. The fraction of sp³-hybridized carbons (Fsp3) is 0.583. The third-order valence-electron chi connectivity index (χ3n) is 3.14. The van der Waals surface area contributed by atoms with Gasteiger partial charge in [-0.3, -0.25) is 4.79 Å². The van der Waals surface area contributed by atoms with Crippen LogP contribution in [0, 0.1) is 6.92 Å². The van der Waals surface area contributed by atoms with E-state index in [1.165, 1.54) is 4.90 Å². The quantitative estimate of drug-likeness (QED) is 0.841. The van der Waals surface area contributed by atoms with Gasteiger partial charge in [-0.1, -0.05) is 0 Å². The molecule has 110 valence electrons. The molecule has 1 saturated heterocycles. The van der Waals surface area contributed by atoms with E-state index in [2.05, 4.69) is 9.69 Å². The average Bonchev–Trinajstić information content (AvgIpc) is 2.81. The molecule has 0 bridgehead atoms. The molecule has 0 aromatic carbocycles. The molecule has 20 heavy (non-hydrogen) atoms. The molecule has 1 fully saturated rings. The summed E-state index contributed by atoms with van der Waals surface area (Å²) in [5.74, 6) is -1.24. The lowest BCUT2D eigenvalue weighted by Crippen LogP contribution is -2.41. The van der Waals surface area contributed by atoms with Gasteiger partial charge in [0.05, 0.1) is 24.8 Å². The fourth-order valence-electron chi connectivity index (χ4n) is 2.03. The third kappa shape index (κ3) is 3.14. The Morgan fingerprint density at radius 2 is 2.35 bits per heavy atom. The van der Waals surface area contributed by atoms with E-state index in [1.54, 1.807) is 14.0 Å². The number of aromatic nitrogens is 1. The summed E-state index contributed by atoms with van der Waals surface area (Å²) in [6.45, 7) is 3.63. The topological polar surface area (TPSA) is 91.8 Å². The number of hydrogen-bond donors (Lipinski definition) is 2. The van der Waals surface area contributed by atoms with Crippen LogP contribution in [0.3, 0.4) is 0 Å². The molecular formula is C12H17N3O4S. The number of anilines is 1.